The van der Waals surface area contributed by atoms with Gasteiger partial charge in [-0.2, -0.15) is 5.10 Å². The number of halogens is 1. The first-order chi connectivity index (χ1) is 18.7. The van der Waals surface area contributed by atoms with Gasteiger partial charge in [-0.15, -0.1) is 11.3 Å². The molecule has 0 spiro atoms. The second-order valence-corrected chi connectivity index (χ2v) is 11.9. The highest BCUT2D eigenvalue weighted by Gasteiger charge is 2.36. The van der Waals surface area contributed by atoms with Gasteiger partial charge in [0.15, 0.2) is 11.5 Å². The maximum absolute atomic E-state index is 13.5. The summed E-state index contributed by atoms with van der Waals surface area (Å²) in [5.74, 6) is -1.37. The Balaban J connectivity index is 1.38. The van der Waals surface area contributed by atoms with Crippen molar-refractivity contribution in [2.45, 2.75) is 64.2 Å². The van der Waals surface area contributed by atoms with Crippen LogP contribution in [-0.2, 0) is 11.3 Å². The molecule has 1 unspecified atom stereocenters. The minimum Gasteiger partial charge on any atom is -0.480 e. The van der Waals surface area contributed by atoms with Crippen molar-refractivity contribution >= 4 is 40.7 Å². The molecule has 11 nitrogen and oxygen atoms in total. The number of aromatic nitrogens is 3. The molecule has 0 radical (unpaired) electrons. The molecule has 2 N–H and O–H groups in total. The summed E-state index contributed by atoms with van der Waals surface area (Å²) in [6.45, 7) is 6.51. The average molecular weight is 575 g/mol. The molecule has 0 bridgehead atoms. The van der Waals surface area contributed by atoms with Gasteiger partial charge in [-0.25, -0.2) is 4.79 Å². The Morgan fingerprint density at radius 2 is 1.95 bits per heavy atom. The van der Waals surface area contributed by atoms with Crippen LogP contribution in [0, 0.1) is 0 Å². The van der Waals surface area contributed by atoms with E-state index in [1.165, 1.54) is 27.0 Å². The number of amides is 2. The number of hydrogen-bond acceptors (Lipinski definition) is 8. The largest absolute Gasteiger partial charge is 0.480 e. The van der Waals surface area contributed by atoms with Gasteiger partial charge in [0.1, 0.15) is 17.4 Å². The lowest BCUT2D eigenvalue weighted by Gasteiger charge is -2.34. The fourth-order valence-corrected chi connectivity index (χ4v) is 6.15. The van der Waals surface area contributed by atoms with Gasteiger partial charge in [-0.05, 0) is 51.7 Å². The quantitative estimate of drug-likeness (QED) is 0.417. The van der Waals surface area contributed by atoms with Crippen LogP contribution in [0.3, 0.4) is 0 Å². The molecule has 13 heteroatoms. The van der Waals surface area contributed by atoms with Crippen molar-refractivity contribution in [1.29, 1.82) is 0 Å². The molecule has 1 atom stereocenters. The van der Waals surface area contributed by atoms with E-state index in [0.717, 1.165) is 30.8 Å². The maximum Gasteiger partial charge on any atom is 0.326 e. The number of nitrogens with zero attached hydrogens (tertiary/aromatic N) is 5. The molecule has 0 aliphatic carbocycles. The van der Waals surface area contributed by atoms with Crippen LogP contribution in [0.5, 0.6) is 0 Å². The lowest BCUT2D eigenvalue weighted by atomic mass is 10.0. The van der Waals surface area contributed by atoms with Crippen LogP contribution in [0.4, 0.5) is 0 Å². The van der Waals surface area contributed by atoms with Gasteiger partial charge in [0.2, 0.25) is 0 Å². The molecule has 0 saturated carbocycles. The fourth-order valence-electron chi connectivity index (χ4n) is 5.16. The van der Waals surface area contributed by atoms with Gasteiger partial charge >= 0.3 is 5.97 Å². The highest BCUT2D eigenvalue weighted by Crippen LogP contribution is 2.31. The molecule has 2 saturated heterocycles. The van der Waals surface area contributed by atoms with Crippen molar-refractivity contribution in [3.8, 4) is 10.6 Å². The highest BCUT2D eigenvalue weighted by atomic mass is 35.5. The minimum absolute atomic E-state index is 0.0162. The van der Waals surface area contributed by atoms with Crippen molar-refractivity contribution < 1.29 is 24.0 Å². The summed E-state index contributed by atoms with van der Waals surface area (Å²) < 4.78 is 7.49. The van der Waals surface area contributed by atoms with Gasteiger partial charge in [-0.3, -0.25) is 14.3 Å². The monoisotopic (exact) mass is 574 g/mol. The predicted octanol–water partition coefficient (Wildman–Crippen LogP) is 3.59. The standard InChI is InChI=1S/C26H31ClN6O5S/c1-15(2)31-10-7-16(8-11-31)28-24(34)18-13-20(25(35)32-9-3-4-19(32)26(36)37)33(29-18)14-17-12-21(38-30-17)22-5-6-23(27)39-22/h5-6,12-13,15-16,19H,3-4,7-11,14H2,1-2H3,(H,28,34)(H,36,37). The minimum atomic E-state index is -1.05. The number of thiophene rings is 1. The number of aliphatic carboxylic acids is 1. The Bertz CT molecular complexity index is 1360. The summed E-state index contributed by atoms with van der Waals surface area (Å²) in [6, 6.07) is 6.33. The second-order valence-electron chi connectivity index (χ2n) is 10.2. The first-order valence-corrected chi connectivity index (χ1v) is 14.3. The van der Waals surface area contributed by atoms with Crippen LogP contribution in [0.1, 0.15) is 66.2 Å². The van der Waals surface area contributed by atoms with E-state index in [0.29, 0.717) is 41.2 Å². The molecular weight excluding hydrogens is 544 g/mol. The summed E-state index contributed by atoms with van der Waals surface area (Å²) >= 11 is 7.39. The van der Waals surface area contributed by atoms with Crippen molar-refractivity contribution in [2.24, 2.45) is 0 Å². The summed E-state index contributed by atoms with van der Waals surface area (Å²) in [7, 11) is 0. The number of rotatable bonds is 8. The van der Waals surface area contributed by atoms with Gasteiger partial charge in [0, 0.05) is 43.9 Å². The van der Waals surface area contributed by atoms with Crippen LogP contribution >= 0.6 is 22.9 Å². The third-order valence-electron chi connectivity index (χ3n) is 7.31. The van der Waals surface area contributed by atoms with E-state index in [9.17, 15) is 19.5 Å². The Morgan fingerprint density at radius 3 is 2.62 bits per heavy atom. The van der Waals surface area contributed by atoms with Crippen LogP contribution in [0.2, 0.25) is 4.34 Å². The van der Waals surface area contributed by atoms with Gasteiger partial charge < -0.3 is 24.7 Å². The molecule has 208 valence electrons. The smallest absolute Gasteiger partial charge is 0.326 e. The molecule has 2 aliphatic heterocycles. The summed E-state index contributed by atoms with van der Waals surface area (Å²) in [5.41, 5.74) is 0.729. The number of likely N-dealkylation sites (tertiary alicyclic amines) is 2. The Hall–Kier alpha value is -3.22. The van der Waals surface area contributed by atoms with E-state index < -0.39 is 17.9 Å². The van der Waals surface area contributed by atoms with Crippen molar-refractivity contribution in [1.82, 2.24) is 30.1 Å². The number of carboxylic acid groups (broad SMARTS) is 1. The first-order valence-electron chi connectivity index (χ1n) is 13.1. The molecule has 5 heterocycles. The predicted molar refractivity (Wildman–Crippen MR) is 145 cm³/mol. The Labute approximate surface area is 234 Å². The number of carbonyl (C=O) groups excluding carboxylic acids is 2. The zero-order valence-electron chi connectivity index (χ0n) is 21.8. The molecule has 2 amide bonds. The number of hydrogen-bond donors (Lipinski definition) is 2. The molecule has 0 aromatic carbocycles. The first kappa shape index (κ1) is 27.4. The second kappa shape index (κ2) is 11.5. The Kier molecular flexibility index (Phi) is 8.06. The number of carbonyl (C=O) groups is 3. The number of piperidine rings is 1. The molecular formula is C26H31ClN6O5S. The average Bonchev–Trinajstić information content (AvgIpc) is 3.71. The van der Waals surface area contributed by atoms with E-state index in [2.05, 4.69) is 34.3 Å². The van der Waals surface area contributed by atoms with Crippen LogP contribution < -0.4 is 5.32 Å². The molecule has 2 aliphatic rings. The van der Waals surface area contributed by atoms with Crippen LogP contribution in [0.25, 0.3) is 10.6 Å². The summed E-state index contributed by atoms with van der Waals surface area (Å²) in [4.78, 5) is 43.0. The lowest BCUT2D eigenvalue weighted by Crippen LogP contribution is -2.46. The zero-order chi connectivity index (χ0) is 27.7. The molecule has 3 aromatic rings. The normalized spacial score (nSPS) is 18.7. The van der Waals surface area contributed by atoms with Crippen molar-refractivity contribution in [2.75, 3.05) is 19.6 Å². The fraction of sp³-hybridized carbons (Fsp3) is 0.500. The van der Waals surface area contributed by atoms with E-state index in [1.54, 1.807) is 12.1 Å². The third kappa shape index (κ3) is 6.02. The van der Waals surface area contributed by atoms with Gasteiger partial charge in [0.25, 0.3) is 11.8 Å². The third-order valence-corrected chi connectivity index (χ3v) is 8.56. The topological polar surface area (TPSA) is 134 Å². The number of carboxylic acids is 1. The van der Waals surface area contributed by atoms with E-state index >= 15 is 0 Å². The summed E-state index contributed by atoms with van der Waals surface area (Å²) in [5, 5.41) is 21.2. The van der Waals surface area contributed by atoms with E-state index in [1.807, 2.05) is 6.07 Å². The number of nitrogens with one attached hydrogen (secondary N) is 1. The zero-order valence-corrected chi connectivity index (χ0v) is 23.4. The maximum atomic E-state index is 13.5. The molecule has 3 aromatic heterocycles. The summed E-state index contributed by atoms with van der Waals surface area (Å²) in [6.07, 6.45) is 2.64. The van der Waals surface area contributed by atoms with E-state index in [4.69, 9.17) is 16.1 Å². The SMILES string of the molecule is CC(C)N1CCC(NC(=O)c2cc(C(=O)N3CCCC3C(=O)O)n(Cc3cc(-c4ccc(Cl)s4)on3)n2)CC1. The Morgan fingerprint density at radius 1 is 1.18 bits per heavy atom. The van der Waals surface area contributed by atoms with Crippen molar-refractivity contribution in [3.63, 3.8) is 0 Å². The lowest BCUT2D eigenvalue weighted by molar-refractivity contribution is -0.141. The van der Waals surface area contributed by atoms with Crippen LogP contribution in [-0.4, -0.2) is 85.4 Å². The highest BCUT2D eigenvalue weighted by molar-refractivity contribution is 7.19. The van der Waals surface area contributed by atoms with Crippen molar-refractivity contribution in [3.05, 3.63) is 45.7 Å². The van der Waals surface area contributed by atoms with Crippen LogP contribution in [0.15, 0.2) is 28.8 Å². The molecule has 2 fully saturated rings. The molecule has 39 heavy (non-hydrogen) atoms. The molecule has 5 rings (SSSR count). The van der Waals surface area contributed by atoms with E-state index in [-0.39, 0.29) is 29.9 Å². The van der Waals surface area contributed by atoms with Gasteiger partial charge in [0.05, 0.1) is 15.8 Å². The van der Waals surface area contributed by atoms with Gasteiger partial charge in [-0.1, -0.05) is 16.8 Å².